The molecular weight excluding hydrogens is 268 g/mol. The fourth-order valence-electron chi connectivity index (χ4n) is 2.53. The highest BCUT2D eigenvalue weighted by Gasteiger charge is 2.20. The molecule has 1 heterocycles. The molecule has 1 aliphatic rings. The quantitative estimate of drug-likeness (QED) is 0.858. The molecule has 1 unspecified atom stereocenters. The van der Waals surface area contributed by atoms with Gasteiger partial charge in [-0.1, -0.05) is 12.1 Å². The Kier molecular flexibility index (Phi) is 6.00. The van der Waals surface area contributed by atoms with Gasteiger partial charge in [0, 0.05) is 25.8 Å². The molecule has 1 fully saturated rings. The number of hydrogen-bond acceptors (Lipinski definition) is 5. The number of ether oxygens (including phenoxy) is 2. The van der Waals surface area contributed by atoms with Crippen LogP contribution in [-0.4, -0.2) is 55.6 Å². The minimum absolute atomic E-state index is 0.187. The van der Waals surface area contributed by atoms with Crippen LogP contribution in [0, 0.1) is 11.3 Å². The summed E-state index contributed by atoms with van der Waals surface area (Å²) in [5.41, 5.74) is 0.488. The SMILES string of the molecule is CN(CC(O)COc1ccccc1C#N)C1CCOCC1. The van der Waals surface area contributed by atoms with Crippen molar-refractivity contribution in [2.75, 3.05) is 33.4 Å². The predicted molar refractivity (Wildman–Crippen MR) is 79.1 cm³/mol. The Bertz CT molecular complexity index is 481. The minimum Gasteiger partial charge on any atom is -0.489 e. The van der Waals surface area contributed by atoms with E-state index in [0.717, 1.165) is 26.1 Å². The minimum atomic E-state index is -0.579. The predicted octanol–water partition coefficient (Wildman–Crippen LogP) is 1.41. The maximum Gasteiger partial charge on any atom is 0.137 e. The third-order valence-electron chi connectivity index (χ3n) is 3.75. The van der Waals surface area contributed by atoms with E-state index in [9.17, 15) is 5.11 Å². The molecule has 114 valence electrons. The molecule has 2 rings (SSSR count). The lowest BCUT2D eigenvalue weighted by Crippen LogP contribution is -2.42. The number of likely N-dealkylation sites (N-methyl/N-ethyl adjacent to an activating group) is 1. The second-order valence-corrected chi connectivity index (χ2v) is 5.36. The van der Waals surface area contributed by atoms with Crippen LogP contribution < -0.4 is 4.74 Å². The van der Waals surface area contributed by atoms with Crippen molar-refractivity contribution in [2.24, 2.45) is 0 Å². The zero-order valence-electron chi connectivity index (χ0n) is 12.4. The highest BCUT2D eigenvalue weighted by Crippen LogP contribution is 2.17. The van der Waals surface area contributed by atoms with Crippen molar-refractivity contribution >= 4 is 0 Å². The Morgan fingerprint density at radius 2 is 2.14 bits per heavy atom. The molecule has 0 radical (unpaired) electrons. The Balaban J connectivity index is 1.79. The number of nitriles is 1. The summed E-state index contributed by atoms with van der Waals surface area (Å²) in [5, 5.41) is 19.1. The lowest BCUT2D eigenvalue weighted by atomic mass is 10.1. The van der Waals surface area contributed by atoms with Crippen molar-refractivity contribution in [3.63, 3.8) is 0 Å². The topological polar surface area (TPSA) is 65.7 Å². The van der Waals surface area contributed by atoms with Gasteiger partial charge < -0.3 is 19.5 Å². The van der Waals surface area contributed by atoms with Crippen LogP contribution in [0.5, 0.6) is 5.75 Å². The summed E-state index contributed by atoms with van der Waals surface area (Å²) in [4.78, 5) is 2.16. The maximum absolute atomic E-state index is 10.1. The Labute approximate surface area is 125 Å². The van der Waals surface area contributed by atoms with Gasteiger partial charge in [-0.15, -0.1) is 0 Å². The summed E-state index contributed by atoms with van der Waals surface area (Å²) in [6.45, 7) is 2.32. The van der Waals surface area contributed by atoms with Crippen LogP contribution in [-0.2, 0) is 4.74 Å². The molecule has 0 spiro atoms. The summed E-state index contributed by atoms with van der Waals surface area (Å²) < 4.78 is 10.9. The Morgan fingerprint density at radius 3 is 2.86 bits per heavy atom. The molecule has 5 nitrogen and oxygen atoms in total. The van der Waals surface area contributed by atoms with Gasteiger partial charge in [0.15, 0.2) is 0 Å². The number of benzene rings is 1. The molecule has 0 aliphatic carbocycles. The molecule has 1 aromatic carbocycles. The van der Waals surface area contributed by atoms with E-state index < -0.39 is 6.10 Å². The molecule has 0 amide bonds. The average molecular weight is 290 g/mol. The van der Waals surface area contributed by atoms with E-state index in [-0.39, 0.29) is 6.61 Å². The second kappa shape index (κ2) is 7.99. The third-order valence-corrected chi connectivity index (χ3v) is 3.75. The van der Waals surface area contributed by atoms with Gasteiger partial charge in [-0.3, -0.25) is 0 Å². The van der Waals surface area contributed by atoms with Gasteiger partial charge in [0.2, 0.25) is 0 Å². The zero-order chi connectivity index (χ0) is 15.1. The molecule has 1 saturated heterocycles. The van der Waals surface area contributed by atoms with E-state index in [4.69, 9.17) is 14.7 Å². The standard InChI is InChI=1S/C16H22N2O3/c1-18(14-6-8-20-9-7-14)11-15(19)12-21-16-5-3-2-4-13(16)10-17/h2-5,14-15,19H,6-9,11-12H2,1H3. The first-order chi connectivity index (χ1) is 10.2. The molecular formula is C16H22N2O3. The molecule has 1 aliphatic heterocycles. The van der Waals surface area contributed by atoms with Crippen LogP contribution in [0.25, 0.3) is 0 Å². The van der Waals surface area contributed by atoms with E-state index in [1.807, 2.05) is 13.1 Å². The number of aliphatic hydroxyl groups is 1. The lowest BCUT2D eigenvalue weighted by molar-refractivity contribution is 0.0159. The van der Waals surface area contributed by atoms with Crippen molar-refractivity contribution < 1.29 is 14.6 Å². The van der Waals surface area contributed by atoms with Gasteiger partial charge in [-0.25, -0.2) is 0 Å². The summed E-state index contributed by atoms with van der Waals surface area (Å²) in [7, 11) is 2.02. The van der Waals surface area contributed by atoms with Crippen LogP contribution in [0.2, 0.25) is 0 Å². The van der Waals surface area contributed by atoms with Crippen LogP contribution in [0.4, 0.5) is 0 Å². The fraction of sp³-hybridized carbons (Fsp3) is 0.562. The second-order valence-electron chi connectivity index (χ2n) is 5.36. The van der Waals surface area contributed by atoms with Crippen LogP contribution in [0.3, 0.4) is 0 Å². The Hall–Kier alpha value is -1.61. The van der Waals surface area contributed by atoms with E-state index in [0.29, 0.717) is 23.9 Å². The first-order valence-corrected chi connectivity index (χ1v) is 7.28. The largest absolute Gasteiger partial charge is 0.489 e. The highest BCUT2D eigenvalue weighted by atomic mass is 16.5. The molecule has 0 saturated carbocycles. The maximum atomic E-state index is 10.1. The fourth-order valence-corrected chi connectivity index (χ4v) is 2.53. The van der Waals surface area contributed by atoms with Gasteiger partial charge in [0.05, 0.1) is 5.56 Å². The van der Waals surface area contributed by atoms with Crippen molar-refractivity contribution in [1.29, 1.82) is 5.26 Å². The third kappa shape index (κ3) is 4.71. The van der Waals surface area contributed by atoms with Crippen molar-refractivity contribution in [1.82, 2.24) is 4.90 Å². The number of aliphatic hydroxyl groups excluding tert-OH is 1. The Morgan fingerprint density at radius 1 is 1.43 bits per heavy atom. The van der Waals surface area contributed by atoms with Crippen molar-refractivity contribution in [3.8, 4) is 11.8 Å². The number of para-hydroxylation sites is 1. The number of nitrogens with zero attached hydrogens (tertiary/aromatic N) is 2. The lowest BCUT2D eigenvalue weighted by Gasteiger charge is -2.32. The molecule has 1 atom stereocenters. The highest BCUT2D eigenvalue weighted by molar-refractivity contribution is 5.42. The van der Waals surface area contributed by atoms with Crippen LogP contribution in [0.1, 0.15) is 18.4 Å². The summed E-state index contributed by atoms with van der Waals surface area (Å²) in [5.74, 6) is 0.521. The molecule has 0 aromatic heterocycles. The van der Waals surface area contributed by atoms with Crippen LogP contribution in [0.15, 0.2) is 24.3 Å². The van der Waals surface area contributed by atoms with E-state index in [2.05, 4.69) is 11.0 Å². The average Bonchev–Trinajstić information content (AvgIpc) is 2.54. The molecule has 1 N–H and O–H groups in total. The van der Waals surface area contributed by atoms with Crippen molar-refractivity contribution in [2.45, 2.75) is 25.0 Å². The smallest absolute Gasteiger partial charge is 0.137 e. The normalized spacial score (nSPS) is 17.4. The van der Waals surface area contributed by atoms with Crippen molar-refractivity contribution in [3.05, 3.63) is 29.8 Å². The first-order valence-electron chi connectivity index (χ1n) is 7.28. The van der Waals surface area contributed by atoms with Gasteiger partial charge >= 0.3 is 0 Å². The number of rotatable bonds is 6. The van der Waals surface area contributed by atoms with Gasteiger partial charge in [0.1, 0.15) is 24.5 Å². The summed E-state index contributed by atoms with van der Waals surface area (Å²) in [6.07, 6.45) is 1.42. The van der Waals surface area contributed by atoms with E-state index in [1.54, 1.807) is 18.2 Å². The summed E-state index contributed by atoms with van der Waals surface area (Å²) >= 11 is 0. The molecule has 5 heteroatoms. The van der Waals surface area contributed by atoms with Gasteiger partial charge in [-0.2, -0.15) is 5.26 Å². The first kappa shape index (κ1) is 15.8. The summed E-state index contributed by atoms with van der Waals surface area (Å²) in [6, 6.07) is 9.60. The molecule has 21 heavy (non-hydrogen) atoms. The van der Waals surface area contributed by atoms with Gasteiger partial charge in [-0.05, 0) is 32.0 Å². The van der Waals surface area contributed by atoms with E-state index >= 15 is 0 Å². The molecule has 0 bridgehead atoms. The van der Waals surface area contributed by atoms with Crippen LogP contribution >= 0.6 is 0 Å². The van der Waals surface area contributed by atoms with E-state index in [1.165, 1.54) is 0 Å². The zero-order valence-corrected chi connectivity index (χ0v) is 12.4. The monoisotopic (exact) mass is 290 g/mol. The molecule has 1 aromatic rings. The van der Waals surface area contributed by atoms with Gasteiger partial charge in [0.25, 0.3) is 0 Å². The number of hydrogen-bond donors (Lipinski definition) is 1.